The first-order valence-electron chi connectivity index (χ1n) is 10.9. The lowest BCUT2D eigenvalue weighted by atomic mass is 10.0. The highest BCUT2D eigenvalue weighted by molar-refractivity contribution is 5.77. The van der Waals surface area contributed by atoms with Crippen molar-refractivity contribution < 1.29 is 14.1 Å². The maximum Gasteiger partial charge on any atom is 0.232 e. The Balaban J connectivity index is 1.66. The van der Waals surface area contributed by atoms with Crippen molar-refractivity contribution in [1.82, 2.24) is 10.1 Å². The molecular weight excluding hydrogens is 366 g/mol. The van der Waals surface area contributed by atoms with E-state index in [1.165, 1.54) is 6.42 Å². The molecule has 29 heavy (non-hydrogen) atoms. The zero-order valence-corrected chi connectivity index (χ0v) is 17.3. The molecule has 1 unspecified atom stereocenters. The van der Waals surface area contributed by atoms with Crippen LogP contribution in [-0.2, 0) is 16.1 Å². The number of hydrogen-bond acceptors (Lipinski definition) is 5. The summed E-state index contributed by atoms with van der Waals surface area (Å²) in [6.07, 6.45) is 6.27. The van der Waals surface area contributed by atoms with Crippen LogP contribution in [-0.4, -0.2) is 48.3 Å². The summed E-state index contributed by atoms with van der Waals surface area (Å²) in [4.78, 5) is 17.0. The molecule has 1 aromatic heterocycles. The van der Waals surface area contributed by atoms with Gasteiger partial charge < -0.3 is 19.1 Å². The second-order valence-corrected chi connectivity index (χ2v) is 7.99. The summed E-state index contributed by atoms with van der Waals surface area (Å²) >= 11 is 0. The molecule has 0 bridgehead atoms. The van der Waals surface area contributed by atoms with Gasteiger partial charge in [0.05, 0.1) is 18.2 Å². The van der Waals surface area contributed by atoms with Gasteiger partial charge in [0.25, 0.3) is 0 Å². The Kier molecular flexibility index (Phi) is 6.49. The molecule has 1 atom stereocenters. The molecule has 2 aliphatic heterocycles. The van der Waals surface area contributed by atoms with Gasteiger partial charge in [0.1, 0.15) is 5.69 Å². The minimum Gasteiger partial charge on any atom is -0.376 e. The Morgan fingerprint density at radius 1 is 1.17 bits per heavy atom. The van der Waals surface area contributed by atoms with E-state index in [0.29, 0.717) is 19.5 Å². The fourth-order valence-corrected chi connectivity index (χ4v) is 4.31. The predicted octanol–water partition coefficient (Wildman–Crippen LogP) is 4.25. The first-order valence-corrected chi connectivity index (χ1v) is 10.9. The lowest BCUT2D eigenvalue weighted by Gasteiger charge is -2.29. The molecule has 2 fully saturated rings. The molecule has 1 aromatic carbocycles. The lowest BCUT2D eigenvalue weighted by molar-refractivity contribution is -0.133. The number of piperidine rings is 1. The van der Waals surface area contributed by atoms with Crippen molar-refractivity contribution in [2.75, 3.05) is 31.1 Å². The van der Waals surface area contributed by atoms with Crippen LogP contribution in [0.15, 0.2) is 34.9 Å². The monoisotopic (exact) mass is 397 g/mol. The Bertz CT molecular complexity index is 793. The third-order valence-corrected chi connectivity index (χ3v) is 5.91. The van der Waals surface area contributed by atoms with Crippen molar-refractivity contribution in [3.63, 3.8) is 0 Å². The van der Waals surface area contributed by atoms with Gasteiger partial charge >= 0.3 is 0 Å². The summed E-state index contributed by atoms with van der Waals surface area (Å²) in [6.45, 7) is 5.80. The molecule has 2 aliphatic rings. The van der Waals surface area contributed by atoms with Crippen LogP contribution in [0, 0.1) is 0 Å². The summed E-state index contributed by atoms with van der Waals surface area (Å²) in [6, 6.07) is 10.1. The quantitative estimate of drug-likeness (QED) is 0.699. The number of carbonyl (C=O) groups is 1. The minimum absolute atomic E-state index is 0.129. The number of aromatic nitrogens is 1. The Hall–Kier alpha value is -2.34. The van der Waals surface area contributed by atoms with Gasteiger partial charge in [0, 0.05) is 38.2 Å². The zero-order chi connectivity index (χ0) is 20.1. The summed E-state index contributed by atoms with van der Waals surface area (Å²) in [5.41, 5.74) is 2.88. The molecule has 4 rings (SSSR count). The van der Waals surface area contributed by atoms with Crippen molar-refractivity contribution in [3.05, 3.63) is 35.9 Å². The number of amides is 1. The van der Waals surface area contributed by atoms with Crippen molar-refractivity contribution in [2.45, 2.75) is 58.1 Å². The van der Waals surface area contributed by atoms with Crippen LogP contribution >= 0.6 is 0 Å². The van der Waals surface area contributed by atoms with Gasteiger partial charge in [-0.2, -0.15) is 0 Å². The molecule has 3 heterocycles. The smallest absolute Gasteiger partial charge is 0.232 e. The lowest BCUT2D eigenvalue weighted by Crippen LogP contribution is -2.37. The van der Waals surface area contributed by atoms with Crippen molar-refractivity contribution in [1.29, 1.82) is 0 Å². The van der Waals surface area contributed by atoms with Crippen LogP contribution in [0.3, 0.4) is 0 Å². The molecule has 2 saturated heterocycles. The fraction of sp³-hybridized carbons (Fsp3) is 0.565. The Labute approximate surface area is 172 Å². The van der Waals surface area contributed by atoms with E-state index in [2.05, 4.69) is 10.1 Å². The van der Waals surface area contributed by atoms with E-state index in [4.69, 9.17) is 9.26 Å². The van der Waals surface area contributed by atoms with Gasteiger partial charge in [0.2, 0.25) is 11.8 Å². The number of nitrogens with zero attached hydrogens (tertiary/aromatic N) is 3. The average molecular weight is 398 g/mol. The molecule has 0 N–H and O–H groups in total. The second kappa shape index (κ2) is 9.44. The Morgan fingerprint density at radius 2 is 1.97 bits per heavy atom. The van der Waals surface area contributed by atoms with Crippen molar-refractivity contribution in [2.24, 2.45) is 0 Å². The first kappa shape index (κ1) is 20.0. The molecular formula is C23H31N3O3. The SMILES string of the molecule is CCC(=O)N(Cc1c(-c2ccccc2)noc1N1CCCCC1)CC1CCCO1. The van der Waals surface area contributed by atoms with Crippen LogP contribution in [0.2, 0.25) is 0 Å². The molecule has 156 valence electrons. The van der Waals surface area contributed by atoms with Crippen LogP contribution in [0.5, 0.6) is 0 Å². The number of hydrogen-bond donors (Lipinski definition) is 0. The highest BCUT2D eigenvalue weighted by atomic mass is 16.5. The third-order valence-electron chi connectivity index (χ3n) is 5.91. The number of rotatable bonds is 7. The summed E-state index contributed by atoms with van der Waals surface area (Å²) < 4.78 is 11.7. The first-order chi connectivity index (χ1) is 14.3. The van der Waals surface area contributed by atoms with Gasteiger partial charge in [-0.15, -0.1) is 0 Å². The zero-order valence-electron chi connectivity index (χ0n) is 17.3. The van der Waals surface area contributed by atoms with E-state index in [0.717, 1.165) is 68.1 Å². The summed E-state index contributed by atoms with van der Waals surface area (Å²) in [5, 5.41) is 4.45. The van der Waals surface area contributed by atoms with Gasteiger partial charge in [0.15, 0.2) is 0 Å². The molecule has 1 amide bonds. The Morgan fingerprint density at radius 3 is 2.66 bits per heavy atom. The van der Waals surface area contributed by atoms with Crippen molar-refractivity contribution in [3.8, 4) is 11.3 Å². The van der Waals surface area contributed by atoms with E-state index in [1.54, 1.807) is 0 Å². The van der Waals surface area contributed by atoms with E-state index in [1.807, 2.05) is 42.2 Å². The summed E-state index contributed by atoms with van der Waals surface area (Å²) in [7, 11) is 0. The minimum atomic E-state index is 0.129. The van der Waals surface area contributed by atoms with Gasteiger partial charge in [-0.1, -0.05) is 42.4 Å². The number of ether oxygens (including phenoxy) is 1. The summed E-state index contributed by atoms with van der Waals surface area (Å²) in [5.74, 6) is 0.968. The van der Waals surface area contributed by atoms with E-state index in [9.17, 15) is 4.79 Å². The second-order valence-electron chi connectivity index (χ2n) is 7.99. The largest absolute Gasteiger partial charge is 0.376 e. The fourth-order valence-electron chi connectivity index (χ4n) is 4.31. The van der Waals surface area contributed by atoms with Crippen LogP contribution in [0.4, 0.5) is 5.88 Å². The van der Waals surface area contributed by atoms with Crippen LogP contribution < -0.4 is 4.90 Å². The maximum atomic E-state index is 12.8. The number of anilines is 1. The highest BCUT2D eigenvalue weighted by Gasteiger charge is 2.28. The van der Waals surface area contributed by atoms with Gasteiger partial charge in [-0.05, 0) is 32.1 Å². The molecule has 0 aliphatic carbocycles. The van der Waals surface area contributed by atoms with Crippen LogP contribution in [0.25, 0.3) is 11.3 Å². The topological polar surface area (TPSA) is 58.8 Å². The van der Waals surface area contributed by atoms with Crippen LogP contribution in [0.1, 0.15) is 51.0 Å². The third kappa shape index (κ3) is 4.64. The molecule has 0 saturated carbocycles. The van der Waals surface area contributed by atoms with E-state index >= 15 is 0 Å². The standard InChI is InChI=1S/C23H31N3O3/c1-2-21(27)26(16-19-12-9-15-28-19)17-20-22(18-10-5-3-6-11-18)24-29-23(20)25-13-7-4-8-14-25/h3,5-6,10-11,19H,2,4,7-9,12-17H2,1H3. The highest BCUT2D eigenvalue weighted by Crippen LogP contribution is 2.34. The average Bonchev–Trinajstić information content (AvgIpc) is 3.44. The van der Waals surface area contributed by atoms with Gasteiger partial charge in [-0.3, -0.25) is 4.79 Å². The molecule has 0 radical (unpaired) electrons. The molecule has 2 aromatic rings. The van der Waals surface area contributed by atoms with Crippen molar-refractivity contribution >= 4 is 11.8 Å². The maximum absolute atomic E-state index is 12.8. The number of benzene rings is 1. The molecule has 6 nitrogen and oxygen atoms in total. The molecule has 6 heteroatoms. The molecule has 0 spiro atoms. The normalized spacial score (nSPS) is 19.5. The van der Waals surface area contributed by atoms with E-state index < -0.39 is 0 Å². The van der Waals surface area contributed by atoms with Gasteiger partial charge in [-0.25, -0.2) is 0 Å². The van der Waals surface area contributed by atoms with E-state index in [-0.39, 0.29) is 12.0 Å². The predicted molar refractivity (Wildman–Crippen MR) is 113 cm³/mol. The number of carbonyl (C=O) groups excluding carboxylic acids is 1.